The Hall–Kier alpha value is -1.67. The molecule has 2 rings (SSSR count). The molecule has 1 saturated heterocycles. The van der Waals surface area contributed by atoms with Gasteiger partial charge >= 0.3 is 6.03 Å². The van der Waals surface area contributed by atoms with E-state index in [1.54, 1.807) is 6.20 Å². The molecule has 1 fully saturated rings. The number of aromatic nitrogens is 1. The summed E-state index contributed by atoms with van der Waals surface area (Å²) in [5, 5.41) is 5.68. The van der Waals surface area contributed by atoms with Crippen molar-refractivity contribution in [1.29, 1.82) is 0 Å². The molecule has 2 heterocycles. The van der Waals surface area contributed by atoms with Gasteiger partial charge in [-0.05, 0) is 25.0 Å². The highest BCUT2D eigenvalue weighted by molar-refractivity contribution is 7.88. The Morgan fingerprint density at radius 3 is 2.68 bits per heavy atom. The van der Waals surface area contributed by atoms with Gasteiger partial charge in [0.15, 0.2) is 0 Å². The van der Waals surface area contributed by atoms with Gasteiger partial charge in [-0.15, -0.1) is 0 Å². The zero-order chi connectivity index (χ0) is 16.0. The molecule has 1 aromatic rings. The second-order valence-electron chi connectivity index (χ2n) is 5.41. The number of urea groups is 1. The summed E-state index contributed by atoms with van der Waals surface area (Å²) >= 11 is 0. The minimum Gasteiger partial charge on any atom is -0.338 e. The molecule has 1 aromatic heterocycles. The van der Waals surface area contributed by atoms with Gasteiger partial charge in [0.25, 0.3) is 0 Å². The number of hydrogen-bond acceptors (Lipinski definition) is 4. The number of carbonyl (C=O) groups excluding carboxylic acids is 1. The van der Waals surface area contributed by atoms with E-state index in [2.05, 4.69) is 15.6 Å². The third kappa shape index (κ3) is 5.27. The molecule has 0 saturated carbocycles. The fourth-order valence-electron chi connectivity index (χ4n) is 2.42. The van der Waals surface area contributed by atoms with Crippen LogP contribution >= 0.6 is 0 Å². The monoisotopic (exact) mass is 326 g/mol. The van der Waals surface area contributed by atoms with Gasteiger partial charge < -0.3 is 10.6 Å². The van der Waals surface area contributed by atoms with Crippen LogP contribution in [0.5, 0.6) is 0 Å². The van der Waals surface area contributed by atoms with Crippen molar-refractivity contribution >= 4 is 16.1 Å². The van der Waals surface area contributed by atoms with E-state index >= 15 is 0 Å². The third-order valence-corrected chi connectivity index (χ3v) is 4.95. The molecule has 0 bridgehead atoms. The lowest BCUT2D eigenvalue weighted by Gasteiger charge is -2.30. The fourth-order valence-corrected chi connectivity index (χ4v) is 3.29. The summed E-state index contributed by atoms with van der Waals surface area (Å²) in [6, 6.07) is 5.49. The quantitative estimate of drug-likeness (QED) is 0.817. The van der Waals surface area contributed by atoms with Crippen LogP contribution < -0.4 is 10.6 Å². The van der Waals surface area contributed by atoms with E-state index in [1.807, 2.05) is 18.2 Å². The highest BCUT2D eigenvalue weighted by Gasteiger charge is 2.25. The molecule has 22 heavy (non-hydrogen) atoms. The minimum absolute atomic E-state index is 0.0212. The molecular weight excluding hydrogens is 304 g/mol. The Balaban J connectivity index is 1.66. The molecule has 0 aliphatic carbocycles. The summed E-state index contributed by atoms with van der Waals surface area (Å²) in [5.41, 5.74) is 0.935. The lowest BCUT2D eigenvalue weighted by atomic mass is 10.1. The number of carbonyl (C=O) groups is 1. The number of rotatable bonds is 5. The van der Waals surface area contributed by atoms with Gasteiger partial charge in [0.2, 0.25) is 10.0 Å². The molecule has 2 amide bonds. The SMILES string of the molecule is CS(=O)(=O)N1CCC(NC(=O)NCCc2ccccn2)CC1. The van der Waals surface area contributed by atoms with E-state index in [-0.39, 0.29) is 12.1 Å². The standard InChI is InChI=1S/C14H22N4O3S/c1-22(20,21)18-10-6-13(7-11-18)17-14(19)16-9-5-12-4-2-3-8-15-12/h2-4,8,13H,5-7,9-11H2,1H3,(H2,16,17,19). The zero-order valence-electron chi connectivity index (χ0n) is 12.7. The van der Waals surface area contributed by atoms with Gasteiger partial charge in [0.05, 0.1) is 6.26 Å². The van der Waals surface area contributed by atoms with Gasteiger partial charge in [-0.2, -0.15) is 0 Å². The molecule has 122 valence electrons. The van der Waals surface area contributed by atoms with Crippen LogP contribution in [-0.2, 0) is 16.4 Å². The van der Waals surface area contributed by atoms with Gasteiger partial charge in [-0.25, -0.2) is 17.5 Å². The topological polar surface area (TPSA) is 91.4 Å². The Bertz CT molecular complexity index is 583. The number of sulfonamides is 1. The first kappa shape index (κ1) is 16.7. The van der Waals surface area contributed by atoms with Crippen LogP contribution in [0.3, 0.4) is 0 Å². The Morgan fingerprint density at radius 1 is 1.36 bits per heavy atom. The van der Waals surface area contributed by atoms with Crippen LogP contribution in [0.2, 0.25) is 0 Å². The van der Waals surface area contributed by atoms with Crippen LogP contribution in [0, 0.1) is 0 Å². The summed E-state index contributed by atoms with van der Waals surface area (Å²) in [6.45, 7) is 1.43. The van der Waals surface area contributed by atoms with E-state index < -0.39 is 10.0 Å². The third-order valence-electron chi connectivity index (χ3n) is 3.65. The van der Waals surface area contributed by atoms with Crippen LogP contribution in [0.25, 0.3) is 0 Å². The number of amides is 2. The molecule has 0 atom stereocenters. The molecule has 0 aromatic carbocycles. The molecule has 0 spiro atoms. The molecule has 0 unspecified atom stereocenters. The van der Waals surface area contributed by atoms with Crippen molar-refractivity contribution in [3.63, 3.8) is 0 Å². The first-order chi connectivity index (χ1) is 10.4. The predicted molar refractivity (Wildman–Crippen MR) is 83.9 cm³/mol. The maximum Gasteiger partial charge on any atom is 0.315 e. The number of nitrogens with zero attached hydrogens (tertiary/aromatic N) is 2. The van der Waals surface area contributed by atoms with E-state index in [0.29, 0.717) is 38.9 Å². The maximum absolute atomic E-state index is 11.8. The molecular formula is C14H22N4O3S. The van der Waals surface area contributed by atoms with E-state index in [1.165, 1.54) is 10.6 Å². The first-order valence-electron chi connectivity index (χ1n) is 7.34. The number of piperidine rings is 1. The van der Waals surface area contributed by atoms with Crippen molar-refractivity contribution in [3.05, 3.63) is 30.1 Å². The summed E-state index contributed by atoms with van der Waals surface area (Å²) in [5.74, 6) is 0. The van der Waals surface area contributed by atoms with Crippen LogP contribution in [0.1, 0.15) is 18.5 Å². The maximum atomic E-state index is 11.8. The van der Waals surface area contributed by atoms with E-state index in [4.69, 9.17) is 0 Å². The summed E-state index contributed by atoms with van der Waals surface area (Å²) in [4.78, 5) is 16.0. The summed E-state index contributed by atoms with van der Waals surface area (Å²) in [7, 11) is -3.12. The molecule has 7 nitrogen and oxygen atoms in total. The average molecular weight is 326 g/mol. The normalized spacial score (nSPS) is 17.1. The molecule has 1 aliphatic heterocycles. The lowest BCUT2D eigenvalue weighted by molar-refractivity contribution is 0.228. The van der Waals surface area contributed by atoms with Crippen molar-refractivity contribution in [1.82, 2.24) is 19.9 Å². The smallest absolute Gasteiger partial charge is 0.315 e. The minimum atomic E-state index is -3.12. The van der Waals surface area contributed by atoms with Crippen molar-refractivity contribution in [2.24, 2.45) is 0 Å². The van der Waals surface area contributed by atoms with Gasteiger partial charge in [-0.3, -0.25) is 4.98 Å². The lowest BCUT2D eigenvalue weighted by Crippen LogP contribution is -2.49. The Labute approximate surface area is 131 Å². The van der Waals surface area contributed by atoms with Crippen molar-refractivity contribution < 1.29 is 13.2 Å². The predicted octanol–water partition coefficient (Wildman–Crippen LogP) is 0.347. The highest BCUT2D eigenvalue weighted by Crippen LogP contribution is 2.12. The van der Waals surface area contributed by atoms with E-state index in [0.717, 1.165) is 5.69 Å². The number of hydrogen-bond donors (Lipinski definition) is 2. The second kappa shape index (κ2) is 7.55. The van der Waals surface area contributed by atoms with Crippen LogP contribution in [-0.4, -0.2) is 55.7 Å². The molecule has 1 aliphatic rings. The van der Waals surface area contributed by atoms with Crippen LogP contribution in [0.15, 0.2) is 24.4 Å². The number of nitrogens with one attached hydrogen (secondary N) is 2. The summed E-state index contributed by atoms with van der Waals surface area (Å²) < 4.78 is 24.3. The number of pyridine rings is 1. The second-order valence-corrected chi connectivity index (χ2v) is 7.39. The molecule has 0 radical (unpaired) electrons. The fraction of sp³-hybridized carbons (Fsp3) is 0.571. The van der Waals surface area contributed by atoms with Crippen LogP contribution in [0.4, 0.5) is 4.79 Å². The van der Waals surface area contributed by atoms with Crippen molar-refractivity contribution in [2.75, 3.05) is 25.9 Å². The Morgan fingerprint density at radius 2 is 2.09 bits per heavy atom. The summed E-state index contributed by atoms with van der Waals surface area (Å²) in [6.07, 6.45) is 4.90. The van der Waals surface area contributed by atoms with Gasteiger partial charge in [-0.1, -0.05) is 6.07 Å². The molecule has 2 N–H and O–H groups in total. The zero-order valence-corrected chi connectivity index (χ0v) is 13.5. The first-order valence-corrected chi connectivity index (χ1v) is 9.19. The van der Waals surface area contributed by atoms with E-state index in [9.17, 15) is 13.2 Å². The average Bonchev–Trinajstić information content (AvgIpc) is 2.48. The van der Waals surface area contributed by atoms with Gasteiger partial charge in [0, 0.05) is 44.0 Å². The van der Waals surface area contributed by atoms with Crippen molar-refractivity contribution in [2.45, 2.75) is 25.3 Å². The van der Waals surface area contributed by atoms with Crippen molar-refractivity contribution in [3.8, 4) is 0 Å². The highest BCUT2D eigenvalue weighted by atomic mass is 32.2. The van der Waals surface area contributed by atoms with Gasteiger partial charge in [0.1, 0.15) is 0 Å². The molecule has 8 heteroatoms. The Kier molecular flexibility index (Phi) is 5.73. The largest absolute Gasteiger partial charge is 0.338 e.